The number of nitrogens with zero attached hydrogens (tertiary/aromatic N) is 2. The molecular weight excluding hydrogens is 452 g/mol. The largest absolute Gasteiger partial charge is 0.339 e. The second kappa shape index (κ2) is 8.56. The van der Waals surface area contributed by atoms with Gasteiger partial charge in [0.05, 0.1) is 4.34 Å². The van der Waals surface area contributed by atoms with E-state index in [1.54, 1.807) is 0 Å². The molecule has 2 aromatic heterocycles. The summed E-state index contributed by atoms with van der Waals surface area (Å²) in [6.45, 7) is 0. The molecule has 12 heteroatoms. The Morgan fingerprint density at radius 3 is 2.61 bits per heavy atom. The SMILES string of the molecule is O=C(CCCc1nc(-c2ccc(F)cc2)no1)NS(=O)(=O)c1cc(Cl)sc1Cl. The van der Waals surface area contributed by atoms with Crippen molar-refractivity contribution in [3.05, 3.63) is 50.7 Å². The van der Waals surface area contributed by atoms with Crippen LogP contribution < -0.4 is 4.72 Å². The van der Waals surface area contributed by atoms with Crippen LogP contribution in [0.2, 0.25) is 8.67 Å². The van der Waals surface area contributed by atoms with Gasteiger partial charge in [-0.1, -0.05) is 28.4 Å². The Morgan fingerprint density at radius 1 is 1.25 bits per heavy atom. The zero-order valence-electron chi connectivity index (χ0n) is 14.0. The minimum Gasteiger partial charge on any atom is -0.339 e. The number of aromatic nitrogens is 2. The molecule has 0 bridgehead atoms. The van der Waals surface area contributed by atoms with Crippen molar-refractivity contribution in [2.24, 2.45) is 0 Å². The minimum absolute atomic E-state index is 0.0236. The van der Waals surface area contributed by atoms with Crippen LogP contribution in [-0.2, 0) is 21.2 Å². The van der Waals surface area contributed by atoms with E-state index in [1.807, 2.05) is 4.72 Å². The van der Waals surface area contributed by atoms with Crippen LogP contribution in [0, 0.1) is 5.82 Å². The first-order valence-electron chi connectivity index (χ1n) is 7.83. The number of halogens is 3. The van der Waals surface area contributed by atoms with Crippen LogP contribution in [-0.4, -0.2) is 24.5 Å². The molecule has 2 heterocycles. The Morgan fingerprint density at radius 2 is 1.96 bits per heavy atom. The van der Waals surface area contributed by atoms with Crippen LogP contribution >= 0.6 is 34.5 Å². The molecular formula is C16H12Cl2FN3O4S2. The monoisotopic (exact) mass is 463 g/mol. The van der Waals surface area contributed by atoms with Gasteiger partial charge >= 0.3 is 0 Å². The van der Waals surface area contributed by atoms with Crippen molar-refractivity contribution in [3.63, 3.8) is 0 Å². The summed E-state index contributed by atoms with van der Waals surface area (Å²) in [5.41, 5.74) is 0.589. The van der Waals surface area contributed by atoms with E-state index in [-0.39, 0.29) is 44.5 Å². The van der Waals surface area contributed by atoms with Gasteiger partial charge in [-0.15, -0.1) is 11.3 Å². The van der Waals surface area contributed by atoms with Gasteiger partial charge in [-0.25, -0.2) is 17.5 Å². The second-order valence-corrected chi connectivity index (χ2v) is 9.53. The molecule has 3 aromatic rings. The highest BCUT2D eigenvalue weighted by atomic mass is 35.5. The Balaban J connectivity index is 1.53. The van der Waals surface area contributed by atoms with Crippen molar-refractivity contribution >= 4 is 50.5 Å². The number of rotatable bonds is 7. The highest BCUT2D eigenvalue weighted by Gasteiger charge is 2.23. The zero-order chi connectivity index (χ0) is 20.3. The van der Waals surface area contributed by atoms with Gasteiger partial charge in [0, 0.05) is 18.4 Å². The summed E-state index contributed by atoms with van der Waals surface area (Å²) in [6, 6.07) is 6.78. The van der Waals surface area contributed by atoms with Crippen LogP contribution in [0.15, 0.2) is 39.8 Å². The number of sulfonamides is 1. The summed E-state index contributed by atoms with van der Waals surface area (Å²) in [5, 5.41) is 3.79. The predicted octanol–water partition coefficient (Wildman–Crippen LogP) is 4.07. The first-order valence-corrected chi connectivity index (χ1v) is 10.9. The predicted molar refractivity (Wildman–Crippen MR) is 102 cm³/mol. The summed E-state index contributed by atoms with van der Waals surface area (Å²) in [4.78, 5) is 15.9. The van der Waals surface area contributed by atoms with E-state index >= 15 is 0 Å². The van der Waals surface area contributed by atoms with Gasteiger partial charge in [0.15, 0.2) is 0 Å². The first kappa shape index (κ1) is 20.7. The Hall–Kier alpha value is -2.01. The lowest BCUT2D eigenvalue weighted by Gasteiger charge is -2.05. The van der Waals surface area contributed by atoms with E-state index in [4.69, 9.17) is 27.7 Å². The fourth-order valence-corrected chi connectivity index (χ4v) is 5.40. The summed E-state index contributed by atoms with van der Waals surface area (Å²) in [7, 11) is -4.09. The molecule has 0 saturated heterocycles. The maximum Gasteiger partial charge on any atom is 0.266 e. The molecule has 0 aliphatic carbocycles. The molecule has 28 heavy (non-hydrogen) atoms. The number of carbonyl (C=O) groups excluding carboxylic acids is 1. The highest BCUT2D eigenvalue weighted by Crippen LogP contribution is 2.34. The number of hydrogen-bond donors (Lipinski definition) is 1. The Labute approximate surface area is 173 Å². The quantitative estimate of drug-likeness (QED) is 0.566. The van der Waals surface area contributed by atoms with Crippen LogP contribution in [0.3, 0.4) is 0 Å². The number of benzene rings is 1. The molecule has 0 saturated carbocycles. The summed E-state index contributed by atoms with van der Waals surface area (Å²) < 4.78 is 44.5. The van der Waals surface area contributed by atoms with Crippen molar-refractivity contribution in [1.82, 2.24) is 14.9 Å². The molecule has 1 aromatic carbocycles. The summed E-state index contributed by atoms with van der Waals surface area (Å²) >= 11 is 12.4. The van der Waals surface area contributed by atoms with Gasteiger partial charge in [0.25, 0.3) is 10.0 Å². The maximum absolute atomic E-state index is 12.9. The van der Waals surface area contributed by atoms with Gasteiger partial charge in [-0.05, 0) is 36.8 Å². The molecule has 3 rings (SSSR count). The molecule has 0 atom stereocenters. The average Bonchev–Trinajstić information content (AvgIpc) is 3.22. The maximum atomic E-state index is 12.9. The number of amides is 1. The van der Waals surface area contributed by atoms with Crippen LogP contribution in [0.25, 0.3) is 11.4 Å². The van der Waals surface area contributed by atoms with Crippen LogP contribution in [0.4, 0.5) is 4.39 Å². The lowest BCUT2D eigenvalue weighted by atomic mass is 10.2. The van der Waals surface area contributed by atoms with E-state index in [0.29, 0.717) is 11.4 Å². The topological polar surface area (TPSA) is 102 Å². The van der Waals surface area contributed by atoms with Crippen molar-refractivity contribution in [3.8, 4) is 11.4 Å². The third kappa shape index (κ3) is 5.07. The van der Waals surface area contributed by atoms with Crippen molar-refractivity contribution < 1.29 is 22.1 Å². The summed E-state index contributed by atoms with van der Waals surface area (Å²) in [6.07, 6.45) is 0.472. The van der Waals surface area contributed by atoms with Gasteiger partial charge < -0.3 is 4.52 Å². The van der Waals surface area contributed by atoms with Crippen molar-refractivity contribution in [1.29, 1.82) is 0 Å². The van der Waals surface area contributed by atoms with E-state index in [9.17, 15) is 17.6 Å². The van der Waals surface area contributed by atoms with Gasteiger partial charge in [-0.2, -0.15) is 4.98 Å². The zero-order valence-corrected chi connectivity index (χ0v) is 17.1. The van der Waals surface area contributed by atoms with Gasteiger partial charge in [0.2, 0.25) is 17.6 Å². The Bertz CT molecular complexity index is 1100. The average molecular weight is 464 g/mol. The molecule has 148 valence electrons. The molecule has 0 spiro atoms. The van der Waals surface area contributed by atoms with E-state index < -0.39 is 15.9 Å². The molecule has 0 fully saturated rings. The highest BCUT2D eigenvalue weighted by molar-refractivity contribution is 7.90. The van der Waals surface area contributed by atoms with Crippen LogP contribution in [0.5, 0.6) is 0 Å². The van der Waals surface area contributed by atoms with Gasteiger partial charge in [-0.3, -0.25) is 4.79 Å². The molecule has 0 unspecified atom stereocenters. The standard InChI is InChI=1S/C16H12Cl2FN3O4S2/c17-12-8-11(15(18)27-12)28(24,25)22-13(23)2-1-3-14-20-16(21-26-14)9-4-6-10(19)7-5-9/h4-8H,1-3H2,(H,22,23). The lowest BCUT2D eigenvalue weighted by Crippen LogP contribution is -2.30. The van der Waals surface area contributed by atoms with E-state index in [1.165, 1.54) is 30.3 Å². The molecule has 0 radical (unpaired) electrons. The first-order chi connectivity index (χ1) is 13.2. The molecule has 7 nitrogen and oxygen atoms in total. The lowest BCUT2D eigenvalue weighted by molar-refractivity contribution is -0.119. The van der Waals surface area contributed by atoms with Crippen molar-refractivity contribution in [2.75, 3.05) is 0 Å². The molecule has 0 aliphatic rings. The molecule has 1 N–H and O–H groups in total. The van der Waals surface area contributed by atoms with E-state index in [0.717, 1.165) is 11.3 Å². The van der Waals surface area contributed by atoms with E-state index in [2.05, 4.69) is 10.1 Å². The normalized spacial score (nSPS) is 11.5. The number of thiophene rings is 1. The van der Waals surface area contributed by atoms with Gasteiger partial charge in [0.1, 0.15) is 15.0 Å². The third-order valence-electron chi connectivity index (χ3n) is 3.53. The number of hydrogen-bond acceptors (Lipinski definition) is 7. The number of carbonyl (C=O) groups is 1. The number of nitrogens with one attached hydrogen (secondary N) is 1. The summed E-state index contributed by atoms with van der Waals surface area (Å²) in [5.74, 6) is -0.496. The number of aryl methyl sites for hydroxylation is 1. The third-order valence-corrected chi connectivity index (χ3v) is 6.65. The van der Waals surface area contributed by atoms with Crippen LogP contribution in [0.1, 0.15) is 18.7 Å². The molecule has 0 aliphatic heterocycles. The fourth-order valence-electron chi connectivity index (χ4n) is 2.24. The second-order valence-electron chi connectivity index (χ2n) is 5.59. The Kier molecular flexibility index (Phi) is 6.33. The molecule has 1 amide bonds. The van der Waals surface area contributed by atoms with Crippen molar-refractivity contribution in [2.45, 2.75) is 24.2 Å². The fraction of sp³-hybridized carbons (Fsp3) is 0.188. The minimum atomic E-state index is -4.09. The smallest absolute Gasteiger partial charge is 0.266 e.